The van der Waals surface area contributed by atoms with Crippen molar-refractivity contribution < 1.29 is 9.90 Å². The predicted octanol–water partition coefficient (Wildman–Crippen LogP) is 2.37. The van der Waals surface area contributed by atoms with E-state index in [0.29, 0.717) is 24.7 Å². The Morgan fingerprint density at radius 1 is 1.24 bits per heavy atom. The summed E-state index contributed by atoms with van der Waals surface area (Å²) < 4.78 is 0. The van der Waals surface area contributed by atoms with E-state index in [-0.39, 0.29) is 6.61 Å². The van der Waals surface area contributed by atoms with E-state index in [4.69, 9.17) is 5.11 Å². The fraction of sp³-hybridized carbons (Fsp3) is 0.929. The van der Waals surface area contributed by atoms with Crippen molar-refractivity contribution in [3.8, 4) is 0 Å². The summed E-state index contributed by atoms with van der Waals surface area (Å²) >= 11 is 0. The lowest BCUT2D eigenvalue weighted by molar-refractivity contribution is -0.118. The molecule has 1 rings (SSSR count). The maximum atomic E-state index is 11.3. The van der Waals surface area contributed by atoms with Gasteiger partial charge in [0.25, 0.3) is 0 Å². The third kappa shape index (κ3) is 5.64. The lowest BCUT2D eigenvalue weighted by Gasteiger charge is -2.33. The van der Waals surface area contributed by atoms with Gasteiger partial charge in [-0.15, -0.1) is 0 Å². The molecule has 1 N–H and O–H groups in total. The van der Waals surface area contributed by atoms with E-state index in [9.17, 15) is 4.79 Å². The minimum atomic E-state index is 0.234. The minimum absolute atomic E-state index is 0.234. The van der Waals surface area contributed by atoms with Crippen molar-refractivity contribution in [1.29, 1.82) is 0 Å². The molecule has 0 aromatic heterocycles. The summed E-state index contributed by atoms with van der Waals surface area (Å²) in [5.41, 5.74) is 0. The first-order valence-electron chi connectivity index (χ1n) is 7.14. The second-order valence-electron chi connectivity index (χ2n) is 5.05. The Morgan fingerprint density at radius 2 is 1.94 bits per heavy atom. The van der Waals surface area contributed by atoms with E-state index >= 15 is 0 Å². The number of Topliss-reactive ketones (excluding diaryl/α,β-unsaturated/α-hetero) is 1. The zero-order chi connectivity index (χ0) is 12.5. The van der Waals surface area contributed by atoms with Crippen LogP contribution in [-0.2, 0) is 4.79 Å². The zero-order valence-electron chi connectivity index (χ0n) is 11.2. The summed E-state index contributed by atoms with van der Waals surface area (Å²) in [6.07, 6.45) is 8.83. The largest absolute Gasteiger partial charge is 0.395 e. The van der Waals surface area contributed by atoms with Gasteiger partial charge in [0.05, 0.1) is 6.61 Å². The molecule has 17 heavy (non-hydrogen) atoms. The first kappa shape index (κ1) is 14.7. The summed E-state index contributed by atoms with van der Waals surface area (Å²) in [6, 6.07) is 0.646. The number of rotatable bonds is 8. The highest BCUT2D eigenvalue weighted by atomic mass is 16.3. The van der Waals surface area contributed by atoms with Crippen molar-refractivity contribution in [2.75, 3.05) is 19.7 Å². The molecule has 0 saturated heterocycles. The normalized spacial score (nSPS) is 17.6. The van der Waals surface area contributed by atoms with E-state index in [1.165, 1.54) is 32.1 Å². The van der Waals surface area contributed by atoms with E-state index < -0.39 is 0 Å². The Balaban J connectivity index is 2.28. The molecule has 0 amide bonds. The molecule has 0 atom stereocenters. The standard InChI is InChI=1S/C14H27NO2/c1-2-14(17)9-6-10-15(11-12-16)13-7-4-3-5-8-13/h13,16H,2-12H2,1H3. The van der Waals surface area contributed by atoms with Gasteiger partial charge in [0.15, 0.2) is 0 Å². The van der Waals surface area contributed by atoms with Crippen molar-refractivity contribution >= 4 is 5.78 Å². The molecule has 0 bridgehead atoms. The molecule has 1 aliphatic carbocycles. The summed E-state index contributed by atoms with van der Waals surface area (Å²) in [7, 11) is 0. The number of aliphatic hydroxyl groups is 1. The number of hydrogen-bond donors (Lipinski definition) is 1. The van der Waals surface area contributed by atoms with Crippen LogP contribution in [0.2, 0.25) is 0 Å². The van der Waals surface area contributed by atoms with Crippen LogP contribution >= 0.6 is 0 Å². The minimum Gasteiger partial charge on any atom is -0.395 e. The van der Waals surface area contributed by atoms with Crippen LogP contribution in [0.25, 0.3) is 0 Å². The zero-order valence-corrected chi connectivity index (χ0v) is 11.2. The predicted molar refractivity (Wildman–Crippen MR) is 70.1 cm³/mol. The second kappa shape index (κ2) is 8.65. The lowest BCUT2D eigenvalue weighted by atomic mass is 9.94. The van der Waals surface area contributed by atoms with Gasteiger partial charge in [0.1, 0.15) is 5.78 Å². The summed E-state index contributed by atoms with van der Waals surface area (Å²) in [5, 5.41) is 9.11. The highest BCUT2D eigenvalue weighted by Gasteiger charge is 2.20. The molecule has 0 heterocycles. The molecule has 0 radical (unpaired) electrons. The van der Waals surface area contributed by atoms with Crippen molar-refractivity contribution in [3.05, 3.63) is 0 Å². The Kier molecular flexibility index (Phi) is 7.45. The Morgan fingerprint density at radius 3 is 2.53 bits per heavy atom. The van der Waals surface area contributed by atoms with Crippen LogP contribution in [0.1, 0.15) is 58.3 Å². The first-order valence-corrected chi connectivity index (χ1v) is 7.14. The fourth-order valence-electron chi connectivity index (χ4n) is 2.71. The van der Waals surface area contributed by atoms with Crippen LogP contribution in [0.15, 0.2) is 0 Å². The number of carbonyl (C=O) groups excluding carboxylic acids is 1. The van der Waals surface area contributed by atoms with Gasteiger partial charge in [-0.05, 0) is 25.8 Å². The number of ketones is 1. The highest BCUT2D eigenvalue weighted by Crippen LogP contribution is 2.22. The molecule has 0 unspecified atom stereocenters. The smallest absolute Gasteiger partial charge is 0.132 e. The summed E-state index contributed by atoms with van der Waals surface area (Å²) in [4.78, 5) is 13.7. The van der Waals surface area contributed by atoms with Crippen LogP contribution in [-0.4, -0.2) is 41.5 Å². The number of hydrogen-bond acceptors (Lipinski definition) is 3. The average Bonchev–Trinajstić information content (AvgIpc) is 2.38. The van der Waals surface area contributed by atoms with E-state index in [0.717, 1.165) is 19.5 Å². The Hall–Kier alpha value is -0.410. The van der Waals surface area contributed by atoms with Crippen molar-refractivity contribution in [2.45, 2.75) is 64.3 Å². The summed E-state index contributed by atoms with van der Waals surface area (Å²) in [6.45, 7) is 3.90. The maximum absolute atomic E-state index is 11.3. The molecular formula is C14H27NO2. The lowest BCUT2D eigenvalue weighted by Crippen LogP contribution is -2.39. The number of nitrogens with zero attached hydrogens (tertiary/aromatic N) is 1. The van der Waals surface area contributed by atoms with E-state index in [1.54, 1.807) is 0 Å². The fourth-order valence-corrected chi connectivity index (χ4v) is 2.71. The Labute approximate surface area is 105 Å². The van der Waals surface area contributed by atoms with Crippen molar-refractivity contribution in [3.63, 3.8) is 0 Å². The molecule has 0 spiro atoms. The van der Waals surface area contributed by atoms with Gasteiger partial charge in [-0.1, -0.05) is 26.2 Å². The Bertz CT molecular complexity index is 212. The molecule has 0 aliphatic heterocycles. The molecule has 0 aromatic rings. The van der Waals surface area contributed by atoms with Gasteiger partial charge in [-0.3, -0.25) is 9.69 Å². The van der Waals surface area contributed by atoms with Gasteiger partial charge < -0.3 is 5.11 Å². The van der Waals surface area contributed by atoms with E-state index in [1.807, 2.05) is 6.92 Å². The quantitative estimate of drug-likeness (QED) is 0.709. The van der Waals surface area contributed by atoms with Crippen molar-refractivity contribution in [1.82, 2.24) is 4.90 Å². The highest BCUT2D eigenvalue weighted by molar-refractivity contribution is 5.77. The first-order chi connectivity index (χ1) is 8.27. The van der Waals surface area contributed by atoms with Gasteiger partial charge in [-0.2, -0.15) is 0 Å². The molecule has 3 nitrogen and oxygen atoms in total. The number of aliphatic hydroxyl groups excluding tert-OH is 1. The van der Waals surface area contributed by atoms with Crippen LogP contribution in [0, 0.1) is 0 Å². The molecular weight excluding hydrogens is 214 g/mol. The monoisotopic (exact) mass is 241 g/mol. The van der Waals surface area contributed by atoms with Gasteiger partial charge in [-0.25, -0.2) is 0 Å². The molecule has 1 saturated carbocycles. The number of carbonyl (C=O) groups is 1. The third-order valence-corrected chi connectivity index (χ3v) is 3.77. The van der Waals surface area contributed by atoms with Gasteiger partial charge in [0, 0.05) is 25.4 Å². The average molecular weight is 241 g/mol. The molecule has 3 heteroatoms. The topological polar surface area (TPSA) is 40.5 Å². The molecule has 0 aromatic carbocycles. The van der Waals surface area contributed by atoms with Gasteiger partial charge in [0.2, 0.25) is 0 Å². The maximum Gasteiger partial charge on any atom is 0.132 e. The molecule has 1 aliphatic rings. The summed E-state index contributed by atoms with van der Waals surface area (Å²) in [5.74, 6) is 0.359. The van der Waals surface area contributed by atoms with Crippen LogP contribution in [0.4, 0.5) is 0 Å². The van der Waals surface area contributed by atoms with Crippen LogP contribution in [0.5, 0.6) is 0 Å². The van der Waals surface area contributed by atoms with Crippen LogP contribution < -0.4 is 0 Å². The van der Waals surface area contributed by atoms with E-state index in [2.05, 4.69) is 4.90 Å². The molecule has 1 fully saturated rings. The van der Waals surface area contributed by atoms with Crippen molar-refractivity contribution in [2.24, 2.45) is 0 Å². The SMILES string of the molecule is CCC(=O)CCCN(CCO)C1CCCCC1. The van der Waals surface area contributed by atoms with Crippen LogP contribution in [0.3, 0.4) is 0 Å². The van der Waals surface area contributed by atoms with Gasteiger partial charge >= 0.3 is 0 Å². The molecule has 100 valence electrons. The third-order valence-electron chi connectivity index (χ3n) is 3.77. The second-order valence-corrected chi connectivity index (χ2v) is 5.05.